The summed E-state index contributed by atoms with van der Waals surface area (Å²) in [7, 11) is 0. The van der Waals surface area contributed by atoms with E-state index in [0.29, 0.717) is 5.92 Å². The number of nitrogens with one attached hydrogen (secondary N) is 2. The third-order valence-corrected chi connectivity index (χ3v) is 4.81. The smallest absolute Gasteiger partial charge is 0.237 e. The van der Waals surface area contributed by atoms with E-state index >= 15 is 0 Å². The fraction of sp³-hybridized carbons (Fsp3) is 0.300. The molecule has 0 fully saturated rings. The molecule has 0 aliphatic rings. The van der Waals surface area contributed by atoms with Gasteiger partial charge < -0.3 is 10.6 Å². The Bertz CT molecular complexity index is 724. The lowest BCUT2D eigenvalue weighted by atomic mass is 10.0. The number of thioether (sulfide) groups is 1. The Hall–Kier alpha value is -2.27. The van der Waals surface area contributed by atoms with E-state index in [2.05, 4.69) is 24.5 Å². The molecular formula is C20H24N2O2S. The lowest BCUT2D eigenvalue weighted by Gasteiger charge is -2.13. The Balaban J connectivity index is 1.92. The molecule has 0 radical (unpaired) electrons. The van der Waals surface area contributed by atoms with Crippen molar-refractivity contribution in [1.29, 1.82) is 0 Å². The molecule has 0 bridgehead atoms. The summed E-state index contributed by atoms with van der Waals surface area (Å²) in [6.07, 6.45) is 0. The summed E-state index contributed by atoms with van der Waals surface area (Å²) in [5.74, 6) is 0.338. The molecule has 0 aliphatic heterocycles. The van der Waals surface area contributed by atoms with Gasteiger partial charge >= 0.3 is 0 Å². The van der Waals surface area contributed by atoms with Crippen LogP contribution in [0.1, 0.15) is 39.2 Å². The molecule has 1 atom stereocenters. The van der Waals surface area contributed by atoms with Gasteiger partial charge in [-0.15, -0.1) is 11.8 Å². The van der Waals surface area contributed by atoms with Crippen LogP contribution in [-0.2, 0) is 9.59 Å². The molecule has 2 N–H and O–H groups in total. The second kappa shape index (κ2) is 8.72. The molecule has 0 aromatic heterocycles. The van der Waals surface area contributed by atoms with Gasteiger partial charge in [0.15, 0.2) is 0 Å². The van der Waals surface area contributed by atoms with E-state index in [4.69, 9.17) is 0 Å². The van der Waals surface area contributed by atoms with E-state index in [1.54, 1.807) is 0 Å². The van der Waals surface area contributed by atoms with Gasteiger partial charge in [-0.2, -0.15) is 0 Å². The largest absolute Gasteiger partial charge is 0.326 e. The second-order valence-electron chi connectivity index (χ2n) is 6.23. The van der Waals surface area contributed by atoms with Gasteiger partial charge in [0.2, 0.25) is 11.8 Å². The molecule has 0 saturated carbocycles. The van der Waals surface area contributed by atoms with Crippen molar-refractivity contribution in [3.05, 3.63) is 54.1 Å². The van der Waals surface area contributed by atoms with Crippen molar-refractivity contribution in [2.45, 2.75) is 43.8 Å². The van der Waals surface area contributed by atoms with Crippen molar-refractivity contribution in [3.8, 4) is 0 Å². The average molecular weight is 356 g/mol. The first kappa shape index (κ1) is 19.1. The number of anilines is 2. The Morgan fingerprint density at radius 3 is 1.88 bits per heavy atom. The highest BCUT2D eigenvalue weighted by atomic mass is 32.2. The van der Waals surface area contributed by atoms with Gasteiger partial charge in [-0.25, -0.2) is 0 Å². The van der Waals surface area contributed by atoms with E-state index < -0.39 is 0 Å². The van der Waals surface area contributed by atoms with Crippen LogP contribution < -0.4 is 10.6 Å². The number of amides is 2. The summed E-state index contributed by atoms with van der Waals surface area (Å²) in [4.78, 5) is 24.4. The Kier molecular flexibility index (Phi) is 6.65. The molecule has 2 aromatic rings. The molecule has 5 heteroatoms. The standard InChI is InChI=1S/C20H24N2O2S/c1-13(2)16-5-7-18(8-6-16)22-20(24)14(3)25-19-11-9-17(10-12-19)21-15(4)23/h5-14H,1-4H3,(H,21,23)(H,22,24). The van der Waals surface area contributed by atoms with Gasteiger partial charge in [0.05, 0.1) is 5.25 Å². The lowest BCUT2D eigenvalue weighted by Crippen LogP contribution is -2.22. The first-order valence-corrected chi connectivity index (χ1v) is 9.18. The van der Waals surface area contributed by atoms with Crippen LogP contribution >= 0.6 is 11.8 Å². The minimum atomic E-state index is -0.226. The van der Waals surface area contributed by atoms with E-state index in [0.717, 1.165) is 16.3 Å². The molecule has 132 valence electrons. The number of carbonyl (C=O) groups excluding carboxylic acids is 2. The minimum absolute atomic E-state index is 0.0340. The van der Waals surface area contributed by atoms with Gasteiger partial charge in [0.25, 0.3) is 0 Å². The topological polar surface area (TPSA) is 58.2 Å². The molecule has 0 spiro atoms. The van der Waals surface area contributed by atoms with E-state index in [1.807, 2.05) is 55.5 Å². The summed E-state index contributed by atoms with van der Waals surface area (Å²) in [5.41, 5.74) is 2.81. The van der Waals surface area contributed by atoms with Crippen molar-refractivity contribution in [2.24, 2.45) is 0 Å². The number of rotatable bonds is 6. The van der Waals surface area contributed by atoms with Crippen LogP contribution in [0.5, 0.6) is 0 Å². The molecule has 1 unspecified atom stereocenters. The number of benzene rings is 2. The Morgan fingerprint density at radius 1 is 0.840 bits per heavy atom. The molecule has 2 amide bonds. The molecule has 25 heavy (non-hydrogen) atoms. The SMILES string of the molecule is CC(=O)Nc1ccc(SC(C)C(=O)Nc2ccc(C(C)C)cc2)cc1. The average Bonchev–Trinajstić information content (AvgIpc) is 2.56. The lowest BCUT2D eigenvalue weighted by molar-refractivity contribution is -0.115. The van der Waals surface area contributed by atoms with Crippen molar-refractivity contribution in [2.75, 3.05) is 10.6 Å². The number of carbonyl (C=O) groups is 2. The second-order valence-corrected chi connectivity index (χ2v) is 7.65. The number of hydrogen-bond acceptors (Lipinski definition) is 3. The maximum absolute atomic E-state index is 12.4. The highest BCUT2D eigenvalue weighted by Crippen LogP contribution is 2.26. The third kappa shape index (κ3) is 5.94. The number of hydrogen-bond donors (Lipinski definition) is 2. The quantitative estimate of drug-likeness (QED) is 0.725. The zero-order chi connectivity index (χ0) is 18.4. The fourth-order valence-corrected chi connectivity index (χ4v) is 3.14. The summed E-state index contributed by atoms with van der Waals surface area (Å²) >= 11 is 1.48. The van der Waals surface area contributed by atoms with Gasteiger partial charge in [0.1, 0.15) is 0 Å². The zero-order valence-corrected chi connectivity index (χ0v) is 15.8. The van der Waals surface area contributed by atoms with Crippen molar-refractivity contribution < 1.29 is 9.59 Å². The fourth-order valence-electron chi connectivity index (χ4n) is 2.27. The first-order chi connectivity index (χ1) is 11.8. The molecule has 0 heterocycles. The van der Waals surface area contributed by atoms with E-state index in [1.165, 1.54) is 24.2 Å². The van der Waals surface area contributed by atoms with Crippen LogP contribution in [0.2, 0.25) is 0 Å². The highest BCUT2D eigenvalue weighted by Gasteiger charge is 2.14. The summed E-state index contributed by atoms with van der Waals surface area (Å²) < 4.78 is 0. The first-order valence-electron chi connectivity index (χ1n) is 8.30. The van der Waals surface area contributed by atoms with E-state index in [-0.39, 0.29) is 17.1 Å². The predicted molar refractivity (Wildman–Crippen MR) is 105 cm³/mol. The van der Waals surface area contributed by atoms with Crippen LogP contribution in [0.25, 0.3) is 0 Å². The van der Waals surface area contributed by atoms with Crippen LogP contribution in [0.3, 0.4) is 0 Å². The molecule has 0 aliphatic carbocycles. The summed E-state index contributed by atoms with van der Waals surface area (Å²) in [6.45, 7) is 7.64. The maximum atomic E-state index is 12.4. The summed E-state index contributed by atoms with van der Waals surface area (Å²) in [5, 5.41) is 5.45. The summed E-state index contributed by atoms with van der Waals surface area (Å²) in [6, 6.07) is 15.4. The van der Waals surface area contributed by atoms with Gasteiger partial charge in [0, 0.05) is 23.2 Å². The molecule has 0 saturated heterocycles. The van der Waals surface area contributed by atoms with Crippen LogP contribution in [0.4, 0.5) is 11.4 Å². The van der Waals surface area contributed by atoms with Crippen molar-refractivity contribution >= 4 is 35.0 Å². The molecular weight excluding hydrogens is 332 g/mol. The Morgan fingerprint density at radius 2 is 1.36 bits per heavy atom. The van der Waals surface area contributed by atoms with Gasteiger partial charge in [-0.05, 0) is 54.8 Å². The maximum Gasteiger partial charge on any atom is 0.237 e. The monoisotopic (exact) mass is 356 g/mol. The van der Waals surface area contributed by atoms with Gasteiger partial charge in [-0.1, -0.05) is 26.0 Å². The van der Waals surface area contributed by atoms with Gasteiger partial charge in [-0.3, -0.25) is 9.59 Å². The van der Waals surface area contributed by atoms with Crippen LogP contribution in [0.15, 0.2) is 53.4 Å². The highest BCUT2D eigenvalue weighted by molar-refractivity contribution is 8.00. The van der Waals surface area contributed by atoms with Crippen LogP contribution in [-0.4, -0.2) is 17.1 Å². The van der Waals surface area contributed by atoms with Crippen molar-refractivity contribution in [1.82, 2.24) is 0 Å². The molecule has 2 rings (SSSR count). The Labute approximate surface area is 153 Å². The predicted octanol–water partition coefficient (Wildman–Crippen LogP) is 4.89. The zero-order valence-electron chi connectivity index (χ0n) is 15.0. The minimum Gasteiger partial charge on any atom is -0.326 e. The normalized spacial score (nSPS) is 11.9. The molecule has 4 nitrogen and oxygen atoms in total. The third-order valence-electron chi connectivity index (χ3n) is 3.70. The van der Waals surface area contributed by atoms with Crippen LogP contribution in [0, 0.1) is 0 Å². The molecule has 2 aromatic carbocycles. The van der Waals surface area contributed by atoms with E-state index in [9.17, 15) is 9.59 Å². The van der Waals surface area contributed by atoms with Crippen molar-refractivity contribution in [3.63, 3.8) is 0 Å².